The van der Waals surface area contributed by atoms with E-state index in [1.807, 2.05) is 44.3 Å². The molecule has 0 saturated carbocycles. The minimum atomic E-state index is -0.727. The number of anilines is 1. The summed E-state index contributed by atoms with van der Waals surface area (Å²) in [6.45, 7) is 5.37. The zero-order valence-corrected chi connectivity index (χ0v) is 13.5. The summed E-state index contributed by atoms with van der Waals surface area (Å²) in [5.74, 6) is -1.04. The number of aromatic nitrogens is 1. The highest BCUT2D eigenvalue weighted by Gasteiger charge is 2.25. The smallest absolute Gasteiger partial charge is 0.308 e. The van der Waals surface area contributed by atoms with Crippen LogP contribution in [0.5, 0.6) is 0 Å². The molecule has 1 fully saturated rings. The third-order valence-electron chi connectivity index (χ3n) is 4.61. The maximum absolute atomic E-state index is 12.5. The topological polar surface area (TPSA) is 62.5 Å². The maximum Gasteiger partial charge on any atom is 0.308 e. The molecule has 1 atom stereocenters. The Bertz CT molecular complexity index is 794. The quantitative estimate of drug-likeness (QED) is 0.946. The minimum Gasteiger partial charge on any atom is -0.481 e. The molecule has 2 heterocycles. The van der Waals surface area contributed by atoms with Gasteiger partial charge in [-0.3, -0.25) is 9.59 Å². The Morgan fingerprint density at radius 3 is 2.78 bits per heavy atom. The van der Waals surface area contributed by atoms with Gasteiger partial charge < -0.3 is 14.6 Å². The van der Waals surface area contributed by atoms with E-state index in [1.54, 1.807) is 4.57 Å². The first kappa shape index (κ1) is 15.6. The Kier molecular flexibility index (Phi) is 4.11. The van der Waals surface area contributed by atoms with Crippen LogP contribution in [0.4, 0.5) is 5.69 Å². The van der Waals surface area contributed by atoms with Gasteiger partial charge in [0.05, 0.1) is 5.92 Å². The molecule has 0 amide bonds. The maximum atomic E-state index is 12.5. The Morgan fingerprint density at radius 2 is 2.09 bits per heavy atom. The van der Waals surface area contributed by atoms with Crippen molar-refractivity contribution in [3.8, 4) is 0 Å². The van der Waals surface area contributed by atoms with Crippen LogP contribution in [-0.4, -0.2) is 28.7 Å². The lowest BCUT2D eigenvalue weighted by Crippen LogP contribution is -2.38. The van der Waals surface area contributed by atoms with Crippen molar-refractivity contribution in [3.05, 3.63) is 40.8 Å². The van der Waals surface area contributed by atoms with E-state index in [-0.39, 0.29) is 17.5 Å². The van der Waals surface area contributed by atoms with Gasteiger partial charge in [0, 0.05) is 36.4 Å². The fraction of sp³-hybridized carbons (Fsp3) is 0.444. The molecule has 0 aliphatic carbocycles. The van der Waals surface area contributed by atoms with Crippen LogP contribution >= 0.6 is 0 Å². The number of hydrogen-bond donors (Lipinski definition) is 1. The van der Waals surface area contributed by atoms with Gasteiger partial charge in [0.25, 0.3) is 5.56 Å². The van der Waals surface area contributed by atoms with Crippen LogP contribution in [0.3, 0.4) is 0 Å². The second-order valence-electron chi connectivity index (χ2n) is 6.52. The van der Waals surface area contributed by atoms with Gasteiger partial charge in [-0.1, -0.05) is 0 Å². The first-order chi connectivity index (χ1) is 11.0. The molecule has 122 valence electrons. The first-order valence-corrected chi connectivity index (χ1v) is 8.10. The van der Waals surface area contributed by atoms with E-state index in [2.05, 4.69) is 4.90 Å². The number of piperidine rings is 1. The van der Waals surface area contributed by atoms with Crippen LogP contribution in [0.2, 0.25) is 0 Å². The summed E-state index contributed by atoms with van der Waals surface area (Å²) in [6.07, 6.45) is 3.44. The standard InChI is InChI=1S/C18H22N2O3/c1-12(2)20-9-7-13-10-15(5-6-16(13)17(20)21)19-8-3-4-14(11-19)18(22)23/h5-7,9-10,12,14H,3-4,8,11H2,1-2H3,(H,22,23). The van der Waals surface area contributed by atoms with Gasteiger partial charge >= 0.3 is 5.97 Å². The van der Waals surface area contributed by atoms with E-state index in [4.69, 9.17) is 0 Å². The van der Waals surface area contributed by atoms with Crippen molar-refractivity contribution in [2.45, 2.75) is 32.7 Å². The molecule has 1 aliphatic heterocycles. The van der Waals surface area contributed by atoms with Gasteiger partial charge in [-0.2, -0.15) is 0 Å². The van der Waals surface area contributed by atoms with Gasteiger partial charge in [0.2, 0.25) is 0 Å². The molecule has 3 rings (SSSR count). The van der Waals surface area contributed by atoms with Crippen LogP contribution in [-0.2, 0) is 4.79 Å². The Morgan fingerprint density at radius 1 is 1.30 bits per heavy atom. The lowest BCUT2D eigenvalue weighted by Gasteiger charge is -2.32. The molecule has 1 aromatic heterocycles. The summed E-state index contributed by atoms with van der Waals surface area (Å²) >= 11 is 0. The monoisotopic (exact) mass is 314 g/mol. The SMILES string of the molecule is CC(C)n1ccc2cc(N3CCCC(C(=O)O)C3)ccc2c1=O. The van der Waals surface area contributed by atoms with E-state index in [0.29, 0.717) is 11.9 Å². The molecule has 2 aromatic rings. The van der Waals surface area contributed by atoms with E-state index in [1.165, 1.54) is 0 Å². The van der Waals surface area contributed by atoms with Crippen molar-refractivity contribution in [3.63, 3.8) is 0 Å². The summed E-state index contributed by atoms with van der Waals surface area (Å²) in [6, 6.07) is 7.87. The van der Waals surface area contributed by atoms with Crippen LogP contribution in [0.25, 0.3) is 10.8 Å². The van der Waals surface area contributed by atoms with Gasteiger partial charge in [0.1, 0.15) is 0 Å². The lowest BCUT2D eigenvalue weighted by molar-refractivity contribution is -0.141. The van der Waals surface area contributed by atoms with Gasteiger partial charge in [-0.25, -0.2) is 0 Å². The molecule has 1 unspecified atom stereocenters. The van der Waals surface area contributed by atoms with Gasteiger partial charge in [-0.15, -0.1) is 0 Å². The Labute approximate surface area is 135 Å². The zero-order chi connectivity index (χ0) is 16.6. The predicted octanol–water partition coefficient (Wildman–Crippen LogP) is 2.88. The number of carboxylic acid groups (broad SMARTS) is 1. The number of carbonyl (C=O) groups is 1. The summed E-state index contributed by atoms with van der Waals surface area (Å²) in [5, 5.41) is 10.8. The number of aliphatic carboxylic acids is 1. The highest BCUT2D eigenvalue weighted by atomic mass is 16.4. The van der Waals surface area contributed by atoms with Crippen molar-refractivity contribution in [1.82, 2.24) is 4.57 Å². The van der Waals surface area contributed by atoms with Crippen LogP contribution in [0, 0.1) is 5.92 Å². The number of pyridine rings is 1. The largest absolute Gasteiger partial charge is 0.481 e. The molecule has 23 heavy (non-hydrogen) atoms. The third-order valence-corrected chi connectivity index (χ3v) is 4.61. The molecule has 0 bridgehead atoms. The first-order valence-electron chi connectivity index (χ1n) is 8.10. The van der Waals surface area contributed by atoms with Crippen molar-refractivity contribution in [2.24, 2.45) is 5.92 Å². The Balaban J connectivity index is 1.96. The van der Waals surface area contributed by atoms with Crippen LogP contribution in [0.15, 0.2) is 35.3 Å². The fourth-order valence-electron chi connectivity index (χ4n) is 3.27. The van der Waals surface area contributed by atoms with E-state index >= 15 is 0 Å². The lowest BCUT2D eigenvalue weighted by atomic mass is 9.97. The molecule has 0 spiro atoms. The van der Waals surface area contributed by atoms with Crippen molar-refractivity contribution in [2.75, 3.05) is 18.0 Å². The minimum absolute atomic E-state index is 0.0195. The Hall–Kier alpha value is -2.30. The normalized spacial score (nSPS) is 18.6. The van der Waals surface area contributed by atoms with E-state index < -0.39 is 5.97 Å². The molecule has 5 heteroatoms. The number of hydrogen-bond acceptors (Lipinski definition) is 3. The van der Waals surface area contributed by atoms with Gasteiger partial charge in [0.15, 0.2) is 0 Å². The number of nitrogens with zero attached hydrogens (tertiary/aromatic N) is 2. The average molecular weight is 314 g/mol. The fourth-order valence-corrected chi connectivity index (χ4v) is 3.27. The predicted molar refractivity (Wildman–Crippen MR) is 91.2 cm³/mol. The summed E-state index contributed by atoms with van der Waals surface area (Å²) < 4.78 is 1.73. The second-order valence-corrected chi connectivity index (χ2v) is 6.52. The van der Waals surface area contributed by atoms with Gasteiger partial charge in [-0.05, 0) is 56.3 Å². The molecule has 1 N–H and O–H groups in total. The molecule has 1 aliphatic rings. The number of fused-ring (bicyclic) bond motifs is 1. The van der Waals surface area contributed by atoms with E-state index in [9.17, 15) is 14.7 Å². The summed E-state index contributed by atoms with van der Waals surface area (Å²) in [5.41, 5.74) is 1.01. The summed E-state index contributed by atoms with van der Waals surface area (Å²) in [7, 11) is 0. The highest BCUT2D eigenvalue weighted by molar-refractivity contribution is 5.85. The van der Waals surface area contributed by atoms with Crippen LogP contribution in [0.1, 0.15) is 32.7 Å². The molecular formula is C18H22N2O3. The van der Waals surface area contributed by atoms with Crippen molar-refractivity contribution < 1.29 is 9.90 Å². The highest BCUT2D eigenvalue weighted by Crippen LogP contribution is 2.26. The molecule has 1 saturated heterocycles. The number of rotatable bonds is 3. The zero-order valence-electron chi connectivity index (χ0n) is 13.5. The van der Waals surface area contributed by atoms with Crippen LogP contribution < -0.4 is 10.5 Å². The second kappa shape index (κ2) is 6.07. The molecule has 0 radical (unpaired) electrons. The molecule has 5 nitrogen and oxygen atoms in total. The molecular weight excluding hydrogens is 292 g/mol. The third kappa shape index (κ3) is 2.96. The molecule has 1 aromatic carbocycles. The average Bonchev–Trinajstić information content (AvgIpc) is 2.54. The van der Waals surface area contributed by atoms with Crippen molar-refractivity contribution in [1.29, 1.82) is 0 Å². The number of benzene rings is 1. The van der Waals surface area contributed by atoms with E-state index in [0.717, 1.165) is 30.5 Å². The van der Waals surface area contributed by atoms with Crippen molar-refractivity contribution >= 4 is 22.4 Å². The summed E-state index contributed by atoms with van der Waals surface area (Å²) in [4.78, 5) is 25.8. The number of carboxylic acids is 1.